The van der Waals surface area contributed by atoms with E-state index in [1.54, 1.807) is 6.08 Å². The average molecular weight is 388 g/mol. The molecule has 0 aliphatic rings. The fraction of sp³-hybridized carbons (Fsp3) is 0.150. The van der Waals surface area contributed by atoms with Crippen molar-refractivity contribution in [1.29, 1.82) is 0 Å². The lowest BCUT2D eigenvalue weighted by Gasteiger charge is -2.07. The lowest BCUT2D eigenvalue weighted by Crippen LogP contribution is -2.26. The molecule has 0 saturated heterocycles. The lowest BCUT2D eigenvalue weighted by atomic mass is 10.2. The van der Waals surface area contributed by atoms with Crippen LogP contribution in [0, 0.1) is 11.6 Å². The van der Waals surface area contributed by atoms with Crippen molar-refractivity contribution in [1.82, 2.24) is 5.32 Å². The highest BCUT2D eigenvalue weighted by Gasteiger charge is 2.11. The van der Waals surface area contributed by atoms with Crippen LogP contribution in [0.3, 0.4) is 0 Å². The number of rotatable bonds is 8. The fourth-order valence-corrected chi connectivity index (χ4v) is 2.08. The highest BCUT2D eigenvalue weighted by atomic mass is 19.1. The van der Waals surface area contributed by atoms with Gasteiger partial charge in [0, 0.05) is 18.7 Å². The van der Waals surface area contributed by atoms with Crippen molar-refractivity contribution in [3.63, 3.8) is 0 Å². The van der Waals surface area contributed by atoms with Crippen LogP contribution >= 0.6 is 0 Å². The second-order valence-electron chi connectivity index (χ2n) is 5.62. The van der Waals surface area contributed by atoms with Gasteiger partial charge in [0.25, 0.3) is 5.91 Å². The molecule has 2 rings (SSSR count). The maximum atomic E-state index is 13.4. The Balaban J connectivity index is 1.64. The van der Waals surface area contributed by atoms with Crippen molar-refractivity contribution in [2.75, 3.05) is 18.5 Å². The SMILES string of the molecule is O=C(/C=C/c1ccccc1)NCCC(=O)OCC(=O)Nc1ccc(F)cc1F. The van der Waals surface area contributed by atoms with Crippen LogP contribution < -0.4 is 10.6 Å². The molecule has 146 valence electrons. The predicted molar refractivity (Wildman–Crippen MR) is 99.0 cm³/mol. The molecule has 0 atom stereocenters. The lowest BCUT2D eigenvalue weighted by molar-refractivity contribution is -0.147. The number of ether oxygens (including phenoxy) is 1. The van der Waals surface area contributed by atoms with Crippen molar-refractivity contribution in [2.24, 2.45) is 0 Å². The monoisotopic (exact) mass is 388 g/mol. The Morgan fingerprint density at radius 3 is 2.50 bits per heavy atom. The molecule has 0 saturated carbocycles. The van der Waals surface area contributed by atoms with Gasteiger partial charge in [0.05, 0.1) is 12.1 Å². The van der Waals surface area contributed by atoms with Gasteiger partial charge in [0.1, 0.15) is 11.6 Å². The first kappa shape index (κ1) is 20.8. The Bertz CT molecular complexity index is 870. The van der Waals surface area contributed by atoms with Crippen LogP contribution in [0.5, 0.6) is 0 Å². The van der Waals surface area contributed by atoms with Gasteiger partial charge >= 0.3 is 5.97 Å². The first-order valence-electron chi connectivity index (χ1n) is 8.35. The van der Waals surface area contributed by atoms with Gasteiger partial charge in [0.15, 0.2) is 6.61 Å². The number of amides is 2. The normalized spacial score (nSPS) is 10.5. The fourth-order valence-electron chi connectivity index (χ4n) is 2.08. The Morgan fingerprint density at radius 2 is 1.79 bits per heavy atom. The Labute approximate surface area is 160 Å². The maximum absolute atomic E-state index is 13.4. The molecule has 8 heteroatoms. The third-order valence-corrected chi connectivity index (χ3v) is 3.42. The number of anilines is 1. The van der Waals surface area contributed by atoms with E-state index < -0.39 is 30.1 Å². The van der Waals surface area contributed by atoms with Gasteiger partial charge in [-0.2, -0.15) is 0 Å². The van der Waals surface area contributed by atoms with Gasteiger partial charge in [-0.05, 0) is 23.8 Å². The molecule has 2 amide bonds. The number of esters is 1. The summed E-state index contributed by atoms with van der Waals surface area (Å²) in [6.07, 6.45) is 2.83. The predicted octanol–water partition coefficient (Wildman–Crippen LogP) is 2.67. The van der Waals surface area contributed by atoms with Crippen LogP contribution in [-0.4, -0.2) is 30.9 Å². The summed E-state index contributed by atoms with van der Waals surface area (Å²) in [5, 5.41) is 4.67. The summed E-state index contributed by atoms with van der Waals surface area (Å²) in [7, 11) is 0. The molecule has 0 spiro atoms. The molecule has 0 fully saturated rings. The van der Waals surface area contributed by atoms with E-state index in [1.807, 2.05) is 30.3 Å². The van der Waals surface area contributed by atoms with Crippen LogP contribution in [0.4, 0.5) is 14.5 Å². The number of hydrogen-bond acceptors (Lipinski definition) is 4. The molecule has 0 heterocycles. The summed E-state index contributed by atoms with van der Waals surface area (Å²) < 4.78 is 30.9. The summed E-state index contributed by atoms with van der Waals surface area (Å²) in [5.41, 5.74) is 0.639. The number of hydrogen-bond donors (Lipinski definition) is 2. The van der Waals surface area contributed by atoms with E-state index in [9.17, 15) is 23.2 Å². The van der Waals surface area contributed by atoms with Crippen LogP contribution in [0.25, 0.3) is 6.08 Å². The molecule has 0 unspecified atom stereocenters. The Hall–Kier alpha value is -3.55. The van der Waals surface area contributed by atoms with Crippen LogP contribution in [0.2, 0.25) is 0 Å². The molecule has 2 aromatic rings. The second kappa shape index (κ2) is 10.6. The first-order chi connectivity index (χ1) is 13.4. The summed E-state index contributed by atoms with van der Waals surface area (Å²) in [6, 6.07) is 11.9. The van der Waals surface area contributed by atoms with Gasteiger partial charge in [-0.1, -0.05) is 30.3 Å². The van der Waals surface area contributed by atoms with Crippen LogP contribution in [0.15, 0.2) is 54.6 Å². The average Bonchev–Trinajstić information content (AvgIpc) is 2.68. The maximum Gasteiger partial charge on any atom is 0.308 e. The zero-order valence-corrected chi connectivity index (χ0v) is 14.8. The number of benzene rings is 2. The van der Waals surface area contributed by atoms with Gasteiger partial charge in [-0.25, -0.2) is 8.78 Å². The second-order valence-corrected chi connectivity index (χ2v) is 5.62. The molecule has 0 radical (unpaired) electrons. The van der Waals surface area contributed by atoms with E-state index in [0.29, 0.717) is 6.07 Å². The van der Waals surface area contributed by atoms with Crippen molar-refractivity contribution < 1.29 is 27.9 Å². The van der Waals surface area contributed by atoms with E-state index >= 15 is 0 Å². The van der Waals surface area contributed by atoms with E-state index in [0.717, 1.165) is 17.7 Å². The van der Waals surface area contributed by atoms with Crippen molar-refractivity contribution in [3.05, 3.63) is 71.8 Å². The summed E-state index contributed by atoms with van der Waals surface area (Å²) in [4.78, 5) is 34.9. The Morgan fingerprint density at radius 1 is 1.04 bits per heavy atom. The molecule has 0 aliphatic heterocycles. The van der Waals surface area contributed by atoms with Crippen molar-refractivity contribution >= 4 is 29.5 Å². The number of halogens is 2. The topological polar surface area (TPSA) is 84.5 Å². The molecular formula is C20H18F2N2O4. The molecular weight excluding hydrogens is 370 g/mol. The molecule has 2 aromatic carbocycles. The van der Waals surface area contributed by atoms with Crippen molar-refractivity contribution in [2.45, 2.75) is 6.42 Å². The minimum absolute atomic E-state index is 0.0327. The molecule has 2 N–H and O–H groups in total. The van der Waals surface area contributed by atoms with Gasteiger partial charge in [0.2, 0.25) is 5.91 Å². The number of nitrogens with one attached hydrogen (secondary N) is 2. The molecule has 0 bridgehead atoms. The summed E-state index contributed by atoms with van der Waals surface area (Å²) in [6.45, 7) is -0.595. The van der Waals surface area contributed by atoms with Crippen LogP contribution in [-0.2, 0) is 19.1 Å². The standard InChI is InChI=1S/C20H18F2N2O4/c21-15-7-8-17(16(22)12-15)24-19(26)13-28-20(27)10-11-23-18(25)9-6-14-4-2-1-3-5-14/h1-9,12H,10-11,13H2,(H,23,25)(H,24,26)/b9-6+. The highest BCUT2D eigenvalue weighted by Crippen LogP contribution is 2.14. The van der Waals surface area contributed by atoms with Gasteiger partial charge in [-0.3, -0.25) is 14.4 Å². The Kier molecular flexibility index (Phi) is 7.83. The summed E-state index contributed by atoms with van der Waals surface area (Å²) in [5.74, 6) is -3.56. The van der Waals surface area contributed by atoms with E-state index in [2.05, 4.69) is 10.6 Å². The zero-order chi connectivity index (χ0) is 20.4. The quantitative estimate of drug-likeness (QED) is 0.538. The van der Waals surface area contributed by atoms with E-state index in [-0.39, 0.29) is 24.6 Å². The molecule has 0 aliphatic carbocycles. The van der Waals surface area contributed by atoms with Crippen molar-refractivity contribution in [3.8, 4) is 0 Å². The highest BCUT2D eigenvalue weighted by molar-refractivity contribution is 5.93. The number of carbonyl (C=O) groups is 3. The minimum Gasteiger partial charge on any atom is -0.456 e. The van der Waals surface area contributed by atoms with Gasteiger partial charge in [-0.15, -0.1) is 0 Å². The van der Waals surface area contributed by atoms with Crippen LogP contribution in [0.1, 0.15) is 12.0 Å². The largest absolute Gasteiger partial charge is 0.456 e. The summed E-state index contributed by atoms with van der Waals surface area (Å²) >= 11 is 0. The zero-order valence-electron chi connectivity index (χ0n) is 14.8. The first-order valence-corrected chi connectivity index (χ1v) is 8.35. The molecule has 28 heavy (non-hydrogen) atoms. The molecule has 6 nitrogen and oxygen atoms in total. The number of carbonyl (C=O) groups excluding carboxylic acids is 3. The van der Waals surface area contributed by atoms with Gasteiger partial charge < -0.3 is 15.4 Å². The smallest absolute Gasteiger partial charge is 0.308 e. The third-order valence-electron chi connectivity index (χ3n) is 3.42. The van der Waals surface area contributed by atoms with E-state index in [1.165, 1.54) is 6.08 Å². The minimum atomic E-state index is -0.939. The molecule has 0 aromatic heterocycles. The van der Waals surface area contributed by atoms with E-state index in [4.69, 9.17) is 4.74 Å². The third kappa shape index (κ3) is 7.36.